The van der Waals surface area contributed by atoms with E-state index in [0.717, 1.165) is 29.9 Å². The van der Waals surface area contributed by atoms with E-state index in [1.807, 2.05) is 43.3 Å². The number of hydrogen-bond donors (Lipinski definition) is 0. The van der Waals surface area contributed by atoms with Gasteiger partial charge in [-0.15, -0.1) is 0 Å². The van der Waals surface area contributed by atoms with Crippen LogP contribution in [0.1, 0.15) is 31.4 Å². The highest BCUT2D eigenvalue weighted by Gasteiger charge is 2.34. The minimum absolute atomic E-state index is 0.0145. The number of aryl methyl sites for hydroxylation is 1. The molecule has 0 aromatic heterocycles. The number of carbonyl (C=O) groups is 1. The van der Waals surface area contributed by atoms with E-state index >= 15 is 0 Å². The SMILES string of the molecule is CCN(CC)c1ccc(CN(C(=O)COc2ccccc2C)C2CCS(=O)(=O)C2)cc1. The minimum atomic E-state index is -3.11. The highest BCUT2D eigenvalue weighted by atomic mass is 32.2. The van der Waals surface area contributed by atoms with E-state index in [4.69, 9.17) is 4.74 Å². The van der Waals surface area contributed by atoms with Gasteiger partial charge in [-0.25, -0.2) is 8.42 Å². The predicted molar refractivity (Wildman–Crippen MR) is 124 cm³/mol. The number of rotatable bonds is 9. The van der Waals surface area contributed by atoms with Gasteiger partial charge in [0.25, 0.3) is 5.91 Å². The smallest absolute Gasteiger partial charge is 0.261 e. The van der Waals surface area contributed by atoms with Crippen molar-refractivity contribution < 1.29 is 17.9 Å². The van der Waals surface area contributed by atoms with Crippen molar-refractivity contribution in [2.45, 2.75) is 39.8 Å². The molecule has 0 saturated carbocycles. The summed E-state index contributed by atoms with van der Waals surface area (Å²) in [5.74, 6) is 0.610. The number of ether oxygens (including phenoxy) is 1. The molecule has 0 spiro atoms. The maximum atomic E-state index is 13.1. The number of anilines is 1. The number of nitrogens with zero attached hydrogens (tertiary/aromatic N) is 2. The lowest BCUT2D eigenvalue weighted by Crippen LogP contribution is -2.43. The van der Waals surface area contributed by atoms with Crippen molar-refractivity contribution in [3.63, 3.8) is 0 Å². The van der Waals surface area contributed by atoms with Gasteiger partial charge in [0.1, 0.15) is 5.75 Å². The Hall–Kier alpha value is -2.54. The molecule has 0 N–H and O–H groups in total. The molecule has 1 atom stereocenters. The van der Waals surface area contributed by atoms with E-state index in [2.05, 4.69) is 30.9 Å². The molecule has 1 amide bonds. The van der Waals surface area contributed by atoms with Gasteiger partial charge in [0.05, 0.1) is 11.5 Å². The van der Waals surface area contributed by atoms with Gasteiger partial charge >= 0.3 is 0 Å². The summed E-state index contributed by atoms with van der Waals surface area (Å²) >= 11 is 0. The van der Waals surface area contributed by atoms with E-state index < -0.39 is 9.84 Å². The molecule has 1 unspecified atom stereocenters. The fourth-order valence-corrected chi connectivity index (χ4v) is 5.71. The Balaban J connectivity index is 1.75. The molecule has 168 valence electrons. The molecule has 2 aromatic rings. The third kappa shape index (κ3) is 6.00. The quantitative estimate of drug-likeness (QED) is 0.593. The lowest BCUT2D eigenvalue weighted by Gasteiger charge is -2.29. The van der Waals surface area contributed by atoms with E-state index in [-0.39, 0.29) is 30.1 Å². The summed E-state index contributed by atoms with van der Waals surface area (Å²) in [6.07, 6.45) is 0.468. The molecule has 1 aliphatic rings. The van der Waals surface area contributed by atoms with Crippen molar-refractivity contribution in [2.75, 3.05) is 36.1 Å². The maximum absolute atomic E-state index is 13.1. The van der Waals surface area contributed by atoms with Crippen LogP contribution in [0, 0.1) is 6.92 Å². The normalized spacial score (nSPS) is 17.3. The molecular formula is C24H32N2O4S. The second kappa shape index (κ2) is 10.2. The summed E-state index contributed by atoms with van der Waals surface area (Å²) in [4.78, 5) is 17.0. The Kier molecular flexibility index (Phi) is 7.59. The zero-order valence-electron chi connectivity index (χ0n) is 18.6. The first-order chi connectivity index (χ1) is 14.8. The third-order valence-electron chi connectivity index (χ3n) is 5.83. The molecule has 6 nitrogen and oxygen atoms in total. The average molecular weight is 445 g/mol. The van der Waals surface area contributed by atoms with E-state index in [1.54, 1.807) is 4.90 Å². The van der Waals surface area contributed by atoms with Crippen LogP contribution < -0.4 is 9.64 Å². The van der Waals surface area contributed by atoms with Gasteiger partial charge < -0.3 is 14.5 Å². The largest absolute Gasteiger partial charge is 0.484 e. The van der Waals surface area contributed by atoms with Gasteiger partial charge in [0.2, 0.25) is 0 Å². The highest BCUT2D eigenvalue weighted by molar-refractivity contribution is 7.91. The van der Waals surface area contributed by atoms with E-state index in [0.29, 0.717) is 18.7 Å². The minimum Gasteiger partial charge on any atom is -0.484 e. The number of carbonyl (C=O) groups excluding carboxylic acids is 1. The molecule has 2 aromatic carbocycles. The van der Waals surface area contributed by atoms with Gasteiger partial charge in [-0.2, -0.15) is 0 Å². The summed E-state index contributed by atoms with van der Waals surface area (Å²) in [5.41, 5.74) is 3.07. The van der Waals surface area contributed by atoms with Crippen LogP contribution in [0.2, 0.25) is 0 Å². The fourth-order valence-electron chi connectivity index (χ4n) is 3.98. The van der Waals surface area contributed by atoms with Crippen molar-refractivity contribution in [3.05, 3.63) is 59.7 Å². The molecule has 1 heterocycles. The maximum Gasteiger partial charge on any atom is 0.261 e. The number of para-hydroxylation sites is 1. The Morgan fingerprint density at radius 1 is 1.06 bits per heavy atom. The van der Waals surface area contributed by atoms with Crippen LogP contribution in [-0.4, -0.2) is 56.5 Å². The molecule has 1 saturated heterocycles. The Bertz CT molecular complexity index is 985. The van der Waals surface area contributed by atoms with E-state index in [9.17, 15) is 13.2 Å². The topological polar surface area (TPSA) is 66.9 Å². The summed E-state index contributed by atoms with van der Waals surface area (Å²) in [6, 6.07) is 15.4. The number of sulfone groups is 1. The molecule has 31 heavy (non-hydrogen) atoms. The lowest BCUT2D eigenvalue weighted by atomic mass is 10.1. The van der Waals surface area contributed by atoms with Crippen LogP contribution in [0.15, 0.2) is 48.5 Å². The van der Waals surface area contributed by atoms with Crippen molar-refractivity contribution in [1.82, 2.24) is 4.90 Å². The molecule has 7 heteroatoms. The average Bonchev–Trinajstić information content (AvgIpc) is 3.12. The number of amides is 1. The van der Waals surface area contributed by atoms with Gasteiger partial charge in [-0.05, 0) is 56.5 Å². The second-order valence-electron chi connectivity index (χ2n) is 7.97. The van der Waals surface area contributed by atoms with Crippen LogP contribution in [0.25, 0.3) is 0 Å². The Labute approximate surface area is 185 Å². The first kappa shape index (κ1) is 23.1. The van der Waals surface area contributed by atoms with Crippen molar-refractivity contribution >= 4 is 21.4 Å². The monoisotopic (exact) mass is 444 g/mol. The van der Waals surface area contributed by atoms with Crippen LogP contribution in [0.4, 0.5) is 5.69 Å². The van der Waals surface area contributed by atoms with Crippen molar-refractivity contribution in [2.24, 2.45) is 0 Å². The Morgan fingerprint density at radius 2 is 1.74 bits per heavy atom. The Morgan fingerprint density at radius 3 is 2.32 bits per heavy atom. The molecule has 1 aliphatic heterocycles. The highest BCUT2D eigenvalue weighted by Crippen LogP contribution is 2.23. The predicted octanol–water partition coefficient (Wildman–Crippen LogP) is 3.44. The molecule has 0 aliphatic carbocycles. The molecule has 1 fully saturated rings. The molecule has 0 radical (unpaired) electrons. The van der Waals surface area contributed by atoms with Crippen LogP contribution >= 0.6 is 0 Å². The van der Waals surface area contributed by atoms with E-state index in [1.165, 1.54) is 0 Å². The van der Waals surface area contributed by atoms with Gasteiger partial charge in [-0.3, -0.25) is 4.79 Å². The fraction of sp³-hybridized carbons (Fsp3) is 0.458. The standard InChI is InChI=1S/C24H32N2O4S/c1-4-25(5-2)21-12-10-20(11-13-21)16-26(22-14-15-31(28,29)18-22)24(27)17-30-23-9-7-6-8-19(23)3/h6-13,22H,4-5,14-18H2,1-3H3. The van der Waals surface area contributed by atoms with Crippen LogP contribution in [0.5, 0.6) is 5.75 Å². The summed E-state index contributed by atoms with van der Waals surface area (Å²) < 4.78 is 29.9. The zero-order chi connectivity index (χ0) is 22.4. The van der Waals surface area contributed by atoms with Crippen molar-refractivity contribution in [1.29, 1.82) is 0 Å². The molecular weight excluding hydrogens is 412 g/mol. The van der Waals surface area contributed by atoms with Gasteiger partial charge in [0.15, 0.2) is 16.4 Å². The molecule has 3 rings (SSSR count). The van der Waals surface area contributed by atoms with Gasteiger partial charge in [-0.1, -0.05) is 30.3 Å². The second-order valence-corrected chi connectivity index (χ2v) is 10.2. The first-order valence-corrected chi connectivity index (χ1v) is 12.7. The summed E-state index contributed by atoms with van der Waals surface area (Å²) in [5, 5.41) is 0. The third-order valence-corrected chi connectivity index (χ3v) is 7.58. The van der Waals surface area contributed by atoms with Crippen LogP contribution in [0.3, 0.4) is 0 Å². The lowest BCUT2D eigenvalue weighted by molar-refractivity contribution is -0.136. The number of hydrogen-bond acceptors (Lipinski definition) is 5. The first-order valence-electron chi connectivity index (χ1n) is 10.8. The molecule has 0 bridgehead atoms. The zero-order valence-corrected chi connectivity index (χ0v) is 19.4. The summed E-state index contributed by atoms with van der Waals surface area (Å²) in [6.45, 7) is 8.28. The van der Waals surface area contributed by atoms with Gasteiger partial charge in [0, 0.05) is 31.4 Å². The number of benzene rings is 2. The van der Waals surface area contributed by atoms with Crippen molar-refractivity contribution in [3.8, 4) is 5.75 Å². The van der Waals surface area contributed by atoms with Crippen LogP contribution in [-0.2, 0) is 21.2 Å². The summed E-state index contributed by atoms with van der Waals surface area (Å²) in [7, 11) is -3.11.